The second kappa shape index (κ2) is 9.09. The third kappa shape index (κ3) is 4.01. The molecule has 1 atom stereocenters. The third-order valence-corrected chi connectivity index (χ3v) is 5.78. The van der Waals surface area contributed by atoms with E-state index in [4.69, 9.17) is 19.9 Å². The summed E-state index contributed by atoms with van der Waals surface area (Å²) in [5.74, 6) is 1.00. The van der Waals surface area contributed by atoms with E-state index in [0.29, 0.717) is 41.3 Å². The highest BCUT2D eigenvalue weighted by molar-refractivity contribution is 5.54. The quantitative estimate of drug-likeness (QED) is 0.622. The van der Waals surface area contributed by atoms with E-state index in [0.717, 1.165) is 11.3 Å². The summed E-state index contributed by atoms with van der Waals surface area (Å²) < 4.78 is 18.1. The number of aromatic nitrogens is 2. The molecule has 0 radical (unpaired) electrons. The predicted octanol–water partition coefficient (Wildman–Crippen LogP) is 3.03. The summed E-state index contributed by atoms with van der Waals surface area (Å²) in [4.78, 5) is 17.8. The minimum atomic E-state index is -0.645. The summed E-state index contributed by atoms with van der Waals surface area (Å²) >= 11 is 0. The molecule has 2 N–H and O–H groups in total. The fraction of sp³-hybridized carbons (Fsp3) is 0.240. The summed E-state index contributed by atoms with van der Waals surface area (Å²) in [5.41, 5.74) is 8.83. The van der Waals surface area contributed by atoms with Gasteiger partial charge in [-0.2, -0.15) is 5.26 Å². The lowest BCUT2D eigenvalue weighted by Gasteiger charge is -2.27. The second-order valence-corrected chi connectivity index (χ2v) is 7.67. The van der Waals surface area contributed by atoms with E-state index < -0.39 is 5.92 Å². The van der Waals surface area contributed by atoms with Crippen LogP contribution in [0.3, 0.4) is 0 Å². The van der Waals surface area contributed by atoms with Gasteiger partial charge in [0.2, 0.25) is 5.88 Å². The van der Waals surface area contributed by atoms with Crippen molar-refractivity contribution in [2.45, 2.75) is 25.8 Å². The first-order valence-electron chi connectivity index (χ1n) is 10.4. The summed E-state index contributed by atoms with van der Waals surface area (Å²) in [6.45, 7) is 2.28. The normalized spacial score (nSPS) is 14.8. The standard InChI is InChI=1S/C25H24N4O4/c1-15-11-21-23(22(17-5-4-9-28-14-17)18(13-26)24(27)33-21)25(30)29(15)10-8-16-6-7-19(31-2)20(12-16)32-3/h4-7,9,11-12,14,22H,8,10,27H2,1-3H3. The number of allylic oxidation sites excluding steroid dienone is 1. The first-order valence-corrected chi connectivity index (χ1v) is 10.4. The summed E-state index contributed by atoms with van der Waals surface area (Å²) in [6.07, 6.45) is 3.87. The Bertz CT molecular complexity index is 1320. The van der Waals surface area contributed by atoms with Crippen molar-refractivity contribution < 1.29 is 14.2 Å². The average molecular weight is 444 g/mol. The Labute approximate surface area is 191 Å². The molecule has 8 heteroatoms. The van der Waals surface area contributed by atoms with E-state index in [1.807, 2.05) is 31.2 Å². The zero-order valence-electron chi connectivity index (χ0n) is 18.7. The topological polar surface area (TPSA) is 112 Å². The molecule has 1 unspecified atom stereocenters. The van der Waals surface area contributed by atoms with Gasteiger partial charge in [-0.25, -0.2) is 0 Å². The maximum absolute atomic E-state index is 13.7. The minimum Gasteiger partial charge on any atom is -0.493 e. The Balaban J connectivity index is 1.76. The van der Waals surface area contributed by atoms with Crippen molar-refractivity contribution in [3.63, 3.8) is 0 Å². The molecular weight excluding hydrogens is 420 g/mol. The number of rotatable bonds is 6. The molecule has 168 valence electrons. The largest absolute Gasteiger partial charge is 0.493 e. The fourth-order valence-electron chi connectivity index (χ4n) is 4.12. The Morgan fingerprint density at radius 1 is 1.21 bits per heavy atom. The van der Waals surface area contributed by atoms with E-state index in [2.05, 4.69) is 11.1 Å². The van der Waals surface area contributed by atoms with Crippen molar-refractivity contribution in [3.8, 4) is 23.3 Å². The number of nitrogens with zero attached hydrogens (tertiary/aromatic N) is 3. The summed E-state index contributed by atoms with van der Waals surface area (Å²) in [7, 11) is 3.18. The number of benzene rings is 1. The molecule has 1 aliphatic heterocycles. The molecule has 33 heavy (non-hydrogen) atoms. The van der Waals surface area contributed by atoms with Gasteiger partial charge in [0.25, 0.3) is 5.56 Å². The summed E-state index contributed by atoms with van der Waals surface area (Å²) in [5, 5.41) is 9.76. The van der Waals surface area contributed by atoms with Gasteiger partial charge in [-0.3, -0.25) is 9.78 Å². The van der Waals surface area contributed by atoms with Crippen molar-refractivity contribution in [1.29, 1.82) is 5.26 Å². The molecule has 3 aromatic rings. The maximum atomic E-state index is 13.7. The predicted molar refractivity (Wildman–Crippen MR) is 122 cm³/mol. The van der Waals surface area contributed by atoms with Crippen molar-refractivity contribution >= 4 is 0 Å². The van der Waals surface area contributed by atoms with E-state index >= 15 is 0 Å². The Hall–Kier alpha value is -4.25. The number of nitrogens with two attached hydrogens (primary N) is 1. The van der Waals surface area contributed by atoms with E-state index in [-0.39, 0.29) is 17.0 Å². The molecule has 0 aliphatic carbocycles. The van der Waals surface area contributed by atoms with Crippen LogP contribution in [0.15, 0.2) is 65.0 Å². The first kappa shape index (κ1) is 22.0. The van der Waals surface area contributed by atoms with Gasteiger partial charge in [-0.05, 0) is 42.7 Å². The average Bonchev–Trinajstić information content (AvgIpc) is 2.83. The van der Waals surface area contributed by atoms with Crippen LogP contribution in [0.4, 0.5) is 0 Å². The third-order valence-electron chi connectivity index (χ3n) is 5.78. The van der Waals surface area contributed by atoms with Crippen molar-refractivity contribution in [1.82, 2.24) is 9.55 Å². The molecule has 1 aliphatic rings. The molecule has 0 saturated carbocycles. The maximum Gasteiger partial charge on any atom is 0.258 e. The van der Waals surface area contributed by atoms with E-state index in [9.17, 15) is 10.1 Å². The highest BCUT2D eigenvalue weighted by Crippen LogP contribution is 2.40. The molecule has 8 nitrogen and oxygen atoms in total. The summed E-state index contributed by atoms with van der Waals surface area (Å²) in [6, 6.07) is 13.2. The minimum absolute atomic E-state index is 0.000677. The Morgan fingerprint density at radius 2 is 2.00 bits per heavy atom. The monoisotopic (exact) mass is 444 g/mol. The molecule has 0 fully saturated rings. The number of methoxy groups -OCH3 is 2. The van der Waals surface area contributed by atoms with Gasteiger partial charge in [-0.15, -0.1) is 0 Å². The van der Waals surface area contributed by atoms with Crippen LogP contribution in [0.25, 0.3) is 0 Å². The highest BCUT2D eigenvalue weighted by atomic mass is 16.5. The van der Waals surface area contributed by atoms with Crippen molar-refractivity contribution in [3.05, 3.63) is 93.0 Å². The van der Waals surface area contributed by atoms with Crippen LogP contribution < -0.4 is 25.5 Å². The van der Waals surface area contributed by atoms with Gasteiger partial charge in [-0.1, -0.05) is 12.1 Å². The molecule has 4 rings (SSSR count). The van der Waals surface area contributed by atoms with Crippen LogP contribution in [0.2, 0.25) is 0 Å². The smallest absolute Gasteiger partial charge is 0.258 e. The van der Waals surface area contributed by atoms with Gasteiger partial charge in [0.15, 0.2) is 11.5 Å². The van der Waals surface area contributed by atoms with Crippen molar-refractivity contribution in [2.75, 3.05) is 14.2 Å². The van der Waals surface area contributed by atoms with Crippen molar-refractivity contribution in [2.24, 2.45) is 5.73 Å². The van der Waals surface area contributed by atoms with E-state index in [1.165, 1.54) is 0 Å². The van der Waals surface area contributed by atoms with Crippen LogP contribution in [-0.4, -0.2) is 23.8 Å². The molecule has 0 spiro atoms. The van der Waals surface area contributed by atoms with E-state index in [1.54, 1.807) is 43.3 Å². The van der Waals surface area contributed by atoms with Gasteiger partial charge in [0.05, 0.1) is 25.7 Å². The molecule has 0 amide bonds. The number of hydrogen-bond donors (Lipinski definition) is 1. The fourth-order valence-corrected chi connectivity index (χ4v) is 4.12. The number of fused-ring (bicyclic) bond motifs is 1. The zero-order chi connectivity index (χ0) is 23.5. The highest BCUT2D eigenvalue weighted by Gasteiger charge is 2.34. The van der Waals surface area contributed by atoms with Gasteiger partial charge in [0.1, 0.15) is 17.4 Å². The van der Waals surface area contributed by atoms with Crippen LogP contribution in [0.1, 0.15) is 28.3 Å². The number of nitriles is 1. The Kier molecular flexibility index (Phi) is 6.05. The molecule has 1 aromatic carbocycles. The van der Waals surface area contributed by atoms with Crippen LogP contribution in [0, 0.1) is 18.3 Å². The first-order chi connectivity index (χ1) is 16.0. The van der Waals surface area contributed by atoms with Crippen LogP contribution in [0.5, 0.6) is 17.2 Å². The van der Waals surface area contributed by atoms with Gasteiger partial charge in [0, 0.05) is 30.7 Å². The Morgan fingerprint density at radius 3 is 2.67 bits per heavy atom. The number of ether oxygens (including phenoxy) is 3. The molecule has 3 heterocycles. The molecular formula is C25H24N4O4. The number of aryl methyl sites for hydroxylation is 2. The lowest BCUT2D eigenvalue weighted by atomic mass is 9.85. The molecule has 0 bridgehead atoms. The van der Waals surface area contributed by atoms with Gasteiger partial charge < -0.3 is 24.5 Å². The SMILES string of the molecule is COc1ccc(CCn2c(C)cc3c(c2=O)C(c2cccnc2)C(C#N)=C(N)O3)cc1OC. The van der Waals surface area contributed by atoms with Crippen LogP contribution >= 0.6 is 0 Å². The lowest BCUT2D eigenvalue weighted by Crippen LogP contribution is -2.33. The number of hydrogen-bond acceptors (Lipinski definition) is 7. The lowest BCUT2D eigenvalue weighted by molar-refractivity contribution is 0.354. The van der Waals surface area contributed by atoms with Crippen LogP contribution in [-0.2, 0) is 13.0 Å². The molecule has 0 saturated heterocycles. The second-order valence-electron chi connectivity index (χ2n) is 7.67. The zero-order valence-corrected chi connectivity index (χ0v) is 18.7. The van der Waals surface area contributed by atoms with Gasteiger partial charge >= 0.3 is 0 Å². The molecule has 2 aromatic heterocycles. The number of pyridine rings is 2.